The van der Waals surface area contributed by atoms with Crippen molar-refractivity contribution in [2.75, 3.05) is 11.4 Å². The van der Waals surface area contributed by atoms with Crippen molar-refractivity contribution in [1.82, 2.24) is 19.5 Å². The van der Waals surface area contributed by atoms with Crippen molar-refractivity contribution in [2.45, 2.75) is 32.5 Å². The molecule has 4 heterocycles. The van der Waals surface area contributed by atoms with Crippen molar-refractivity contribution >= 4 is 22.3 Å². The first-order valence-electron chi connectivity index (χ1n) is 11.0. The molecule has 5 heteroatoms. The van der Waals surface area contributed by atoms with E-state index in [0.717, 1.165) is 33.7 Å². The standard InChI is InChI=1S/C23H21N5/c1-14-15-6-4-5-7-16(15)20-17(12-18-24-10-11-27(18)20)19(14)28-13-23(2,3)21-22(28)26-9-8-25-21/h4-11H,12-13H2,1-3H3/i2D3. The quantitative estimate of drug-likeness (QED) is 0.437. The van der Waals surface area contributed by atoms with Gasteiger partial charge in [-0.3, -0.25) is 4.98 Å². The Morgan fingerprint density at radius 2 is 1.86 bits per heavy atom. The van der Waals surface area contributed by atoms with E-state index in [1.807, 2.05) is 18.5 Å². The molecule has 4 aromatic rings. The lowest BCUT2D eigenvalue weighted by molar-refractivity contribution is 0.553. The highest BCUT2D eigenvalue weighted by Gasteiger charge is 2.41. The van der Waals surface area contributed by atoms with Crippen molar-refractivity contribution in [3.05, 3.63) is 71.7 Å². The normalized spacial score (nSPS) is 21.8. The Morgan fingerprint density at radius 1 is 1.04 bits per heavy atom. The van der Waals surface area contributed by atoms with Crippen molar-refractivity contribution in [3.63, 3.8) is 0 Å². The van der Waals surface area contributed by atoms with Gasteiger partial charge in [-0.2, -0.15) is 0 Å². The van der Waals surface area contributed by atoms with E-state index in [2.05, 4.69) is 49.5 Å². The van der Waals surface area contributed by atoms with Crippen LogP contribution in [0.25, 0.3) is 16.5 Å². The monoisotopic (exact) mass is 370 g/mol. The Morgan fingerprint density at radius 3 is 2.71 bits per heavy atom. The minimum atomic E-state index is -2.20. The molecule has 0 N–H and O–H groups in total. The maximum absolute atomic E-state index is 8.25. The zero-order chi connectivity index (χ0) is 21.5. The lowest BCUT2D eigenvalue weighted by Crippen LogP contribution is -2.26. The molecule has 6 rings (SSSR count). The molecule has 28 heavy (non-hydrogen) atoms. The van der Waals surface area contributed by atoms with Crippen LogP contribution in [0.1, 0.15) is 40.5 Å². The third-order valence-corrected chi connectivity index (χ3v) is 6.01. The Kier molecular flexibility index (Phi) is 2.42. The van der Waals surface area contributed by atoms with E-state index in [0.29, 0.717) is 24.5 Å². The predicted molar refractivity (Wildman–Crippen MR) is 111 cm³/mol. The first-order valence-corrected chi connectivity index (χ1v) is 9.47. The molecule has 5 nitrogen and oxygen atoms in total. The van der Waals surface area contributed by atoms with Crippen molar-refractivity contribution in [1.29, 1.82) is 0 Å². The van der Waals surface area contributed by atoms with Crippen LogP contribution in [-0.2, 0) is 11.8 Å². The number of hydrogen-bond donors (Lipinski definition) is 0. The third-order valence-electron chi connectivity index (χ3n) is 6.01. The molecule has 2 aliphatic heterocycles. The van der Waals surface area contributed by atoms with Gasteiger partial charge in [0, 0.05) is 58.2 Å². The van der Waals surface area contributed by atoms with Crippen LogP contribution in [-0.4, -0.2) is 26.1 Å². The Balaban J connectivity index is 1.67. The van der Waals surface area contributed by atoms with Crippen molar-refractivity contribution < 1.29 is 4.11 Å². The largest absolute Gasteiger partial charge is 0.323 e. The SMILES string of the molecule is [2H]C([2H])([2H])C1(C)CN(c2c3c(c4ccccc4c2C)-n2ccnc2C3)c2nccnc21. The molecule has 2 aromatic carbocycles. The van der Waals surface area contributed by atoms with Gasteiger partial charge in [-0.15, -0.1) is 0 Å². The van der Waals surface area contributed by atoms with Crippen LogP contribution in [0.3, 0.4) is 0 Å². The zero-order valence-electron chi connectivity index (χ0n) is 18.8. The Hall–Kier alpha value is -3.21. The number of fused-ring (bicyclic) bond motifs is 6. The van der Waals surface area contributed by atoms with E-state index in [1.165, 1.54) is 5.39 Å². The van der Waals surface area contributed by atoms with E-state index in [4.69, 9.17) is 4.11 Å². The van der Waals surface area contributed by atoms with Gasteiger partial charge in [0.15, 0.2) is 5.82 Å². The molecule has 0 fully saturated rings. The number of hydrogen-bond acceptors (Lipinski definition) is 4. The summed E-state index contributed by atoms with van der Waals surface area (Å²) in [6.45, 7) is 1.99. The Bertz CT molecular complexity index is 1370. The summed E-state index contributed by atoms with van der Waals surface area (Å²) < 4.78 is 26.9. The molecule has 0 spiro atoms. The van der Waals surface area contributed by atoms with Gasteiger partial charge in [-0.25, -0.2) is 9.97 Å². The molecule has 0 amide bonds. The number of aryl methyl sites for hydroxylation is 1. The smallest absolute Gasteiger partial charge is 0.155 e. The Labute approximate surface area is 167 Å². The van der Waals surface area contributed by atoms with Crippen molar-refractivity contribution in [2.24, 2.45) is 0 Å². The number of anilines is 2. The highest BCUT2D eigenvalue weighted by Crippen LogP contribution is 2.49. The molecule has 2 aliphatic rings. The fourth-order valence-corrected chi connectivity index (χ4v) is 4.85. The highest BCUT2D eigenvalue weighted by atomic mass is 15.2. The van der Waals surface area contributed by atoms with Gasteiger partial charge in [-0.05, 0) is 17.9 Å². The van der Waals surface area contributed by atoms with Gasteiger partial charge in [-0.1, -0.05) is 38.0 Å². The molecular formula is C23H21N5. The van der Waals surface area contributed by atoms with Crippen LogP contribution in [0, 0.1) is 6.92 Å². The average Bonchev–Trinajstić information content (AvgIpc) is 3.41. The molecular weight excluding hydrogens is 346 g/mol. The second-order valence-corrected chi connectivity index (χ2v) is 7.88. The van der Waals surface area contributed by atoms with Gasteiger partial charge in [0.25, 0.3) is 0 Å². The number of aromatic nitrogens is 4. The van der Waals surface area contributed by atoms with E-state index in [1.54, 1.807) is 19.3 Å². The van der Waals surface area contributed by atoms with Crippen LogP contribution < -0.4 is 4.90 Å². The second kappa shape index (κ2) is 5.19. The minimum absolute atomic E-state index is 0.302. The van der Waals surface area contributed by atoms with E-state index in [9.17, 15) is 0 Å². The zero-order valence-corrected chi connectivity index (χ0v) is 15.8. The summed E-state index contributed by atoms with van der Waals surface area (Å²) in [5.74, 6) is 1.62. The maximum atomic E-state index is 8.25. The summed E-state index contributed by atoms with van der Waals surface area (Å²) in [7, 11) is 0. The summed E-state index contributed by atoms with van der Waals surface area (Å²) in [5, 5.41) is 2.32. The number of rotatable bonds is 1. The molecule has 1 unspecified atom stereocenters. The third kappa shape index (κ3) is 1.88. The van der Waals surface area contributed by atoms with Gasteiger partial charge in [0.1, 0.15) is 5.82 Å². The molecule has 1 atom stereocenters. The molecule has 138 valence electrons. The van der Waals surface area contributed by atoms with Gasteiger partial charge >= 0.3 is 0 Å². The van der Waals surface area contributed by atoms with Crippen LogP contribution in [0.15, 0.2) is 49.1 Å². The van der Waals surface area contributed by atoms with E-state index < -0.39 is 12.3 Å². The number of imidazole rings is 1. The van der Waals surface area contributed by atoms with Crippen LogP contribution in [0.5, 0.6) is 0 Å². The van der Waals surface area contributed by atoms with Crippen LogP contribution >= 0.6 is 0 Å². The van der Waals surface area contributed by atoms with Crippen LogP contribution in [0.2, 0.25) is 0 Å². The summed E-state index contributed by atoms with van der Waals surface area (Å²) in [5.41, 5.74) is 3.85. The molecule has 0 aliphatic carbocycles. The molecule has 0 bridgehead atoms. The first-order chi connectivity index (χ1) is 14.8. The van der Waals surface area contributed by atoms with Gasteiger partial charge < -0.3 is 9.47 Å². The summed E-state index contributed by atoms with van der Waals surface area (Å²) in [4.78, 5) is 15.7. The number of nitrogens with zero attached hydrogens (tertiary/aromatic N) is 5. The first kappa shape index (κ1) is 13.0. The summed E-state index contributed by atoms with van der Waals surface area (Å²) in [6, 6.07) is 8.36. The molecule has 0 saturated heterocycles. The molecule has 0 radical (unpaired) electrons. The molecule has 2 aromatic heterocycles. The second-order valence-electron chi connectivity index (χ2n) is 7.88. The average molecular weight is 370 g/mol. The number of benzene rings is 2. The van der Waals surface area contributed by atoms with Crippen molar-refractivity contribution in [3.8, 4) is 5.69 Å². The summed E-state index contributed by atoms with van der Waals surface area (Å²) in [6.07, 6.45) is 7.74. The van der Waals surface area contributed by atoms with Crippen LogP contribution in [0.4, 0.5) is 11.5 Å². The predicted octanol–water partition coefficient (Wildman–Crippen LogP) is 4.46. The fraction of sp³-hybridized carbons (Fsp3) is 0.261. The lowest BCUT2D eigenvalue weighted by atomic mass is 9.91. The molecule has 0 saturated carbocycles. The van der Waals surface area contributed by atoms with E-state index >= 15 is 0 Å². The minimum Gasteiger partial charge on any atom is -0.323 e. The van der Waals surface area contributed by atoms with Gasteiger partial charge in [0.2, 0.25) is 0 Å². The fourth-order valence-electron chi connectivity index (χ4n) is 4.85. The summed E-state index contributed by atoms with van der Waals surface area (Å²) >= 11 is 0. The van der Waals surface area contributed by atoms with E-state index in [-0.39, 0.29) is 0 Å². The highest BCUT2D eigenvalue weighted by molar-refractivity contribution is 6.01. The van der Waals surface area contributed by atoms with Gasteiger partial charge in [0.05, 0.1) is 17.1 Å². The lowest BCUT2D eigenvalue weighted by Gasteiger charge is -2.27. The topological polar surface area (TPSA) is 46.8 Å². The maximum Gasteiger partial charge on any atom is 0.155 e.